The largest absolute Gasteiger partial charge is 0.381 e. The third-order valence-corrected chi connectivity index (χ3v) is 3.10. The van der Waals surface area contributed by atoms with Crippen molar-refractivity contribution in [3.05, 3.63) is 63.2 Å². The molecule has 0 atom stereocenters. The number of anilines is 2. The van der Waals surface area contributed by atoms with E-state index in [0.717, 1.165) is 5.56 Å². The van der Waals surface area contributed by atoms with Gasteiger partial charge < -0.3 is 10.7 Å². The number of nitro groups is 1. The summed E-state index contributed by atoms with van der Waals surface area (Å²) < 4.78 is 0. The van der Waals surface area contributed by atoms with Crippen molar-refractivity contribution in [2.24, 2.45) is 5.84 Å². The standard InChI is InChI=1S/C13H13ClN4O2/c14-13-4-2-1-3-9(13)8-16-10-5-11(17-15)7-12(6-10)18(19)20/h1-7,16-17H,8,15H2. The van der Waals surface area contributed by atoms with Crippen LogP contribution in [0.1, 0.15) is 5.56 Å². The number of nitro benzene ring substituents is 1. The second kappa shape index (κ2) is 6.23. The van der Waals surface area contributed by atoms with Crippen LogP contribution >= 0.6 is 11.6 Å². The lowest BCUT2D eigenvalue weighted by atomic mass is 10.2. The molecule has 0 bridgehead atoms. The van der Waals surface area contributed by atoms with Gasteiger partial charge in [-0.1, -0.05) is 29.8 Å². The number of hydrazine groups is 1. The fourth-order valence-corrected chi connectivity index (χ4v) is 1.94. The number of non-ortho nitro benzene ring substituents is 1. The van der Waals surface area contributed by atoms with Crippen LogP contribution in [0.5, 0.6) is 0 Å². The van der Waals surface area contributed by atoms with Crippen molar-refractivity contribution in [1.29, 1.82) is 0 Å². The van der Waals surface area contributed by atoms with E-state index >= 15 is 0 Å². The normalized spacial score (nSPS) is 10.1. The molecule has 0 aromatic heterocycles. The predicted octanol–water partition coefficient (Wildman–Crippen LogP) is 3.15. The molecule has 6 nitrogen and oxygen atoms in total. The Morgan fingerprint density at radius 2 is 1.90 bits per heavy atom. The quantitative estimate of drug-likeness (QED) is 0.447. The monoisotopic (exact) mass is 292 g/mol. The summed E-state index contributed by atoms with van der Waals surface area (Å²) in [6, 6.07) is 11.9. The summed E-state index contributed by atoms with van der Waals surface area (Å²) in [5.74, 6) is 5.30. The van der Waals surface area contributed by atoms with Gasteiger partial charge in [0.1, 0.15) is 0 Å². The second-order valence-corrected chi connectivity index (χ2v) is 4.52. The molecule has 0 saturated carbocycles. The molecule has 7 heteroatoms. The van der Waals surface area contributed by atoms with Crippen LogP contribution in [0.25, 0.3) is 0 Å². The van der Waals surface area contributed by atoms with E-state index in [2.05, 4.69) is 10.7 Å². The highest BCUT2D eigenvalue weighted by Gasteiger charge is 2.09. The topological polar surface area (TPSA) is 93.2 Å². The molecule has 0 aliphatic rings. The van der Waals surface area contributed by atoms with Gasteiger partial charge in [-0.05, 0) is 17.7 Å². The summed E-state index contributed by atoms with van der Waals surface area (Å²) >= 11 is 6.05. The summed E-state index contributed by atoms with van der Waals surface area (Å²) in [6.07, 6.45) is 0. The Hall–Kier alpha value is -2.31. The van der Waals surface area contributed by atoms with E-state index in [-0.39, 0.29) is 5.69 Å². The van der Waals surface area contributed by atoms with E-state index in [4.69, 9.17) is 17.4 Å². The molecule has 2 rings (SSSR count). The first-order valence-electron chi connectivity index (χ1n) is 5.83. The molecule has 20 heavy (non-hydrogen) atoms. The molecule has 0 aliphatic heterocycles. The first-order chi connectivity index (χ1) is 9.60. The van der Waals surface area contributed by atoms with Crippen LogP contribution in [-0.4, -0.2) is 4.92 Å². The molecule has 0 fully saturated rings. The number of nitrogens with zero attached hydrogens (tertiary/aromatic N) is 1. The first kappa shape index (κ1) is 14.1. The lowest BCUT2D eigenvalue weighted by Gasteiger charge is -2.09. The maximum atomic E-state index is 10.8. The molecule has 104 valence electrons. The number of halogens is 1. The molecule has 4 N–H and O–H groups in total. The minimum Gasteiger partial charge on any atom is -0.381 e. The van der Waals surface area contributed by atoms with Crippen LogP contribution in [0.2, 0.25) is 5.02 Å². The van der Waals surface area contributed by atoms with Gasteiger partial charge in [-0.3, -0.25) is 16.0 Å². The van der Waals surface area contributed by atoms with Crippen molar-refractivity contribution < 1.29 is 4.92 Å². The van der Waals surface area contributed by atoms with Crippen molar-refractivity contribution in [3.63, 3.8) is 0 Å². The maximum absolute atomic E-state index is 10.8. The number of hydrogen-bond donors (Lipinski definition) is 3. The predicted molar refractivity (Wildman–Crippen MR) is 79.7 cm³/mol. The van der Waals surface area contributed by atoms with Crippen LogP contribution in [0.15, 0.2) is 42.5 Å². The fourth-order valence-electron chi connectivity index (χ4n) is 1.74. The third kappa shape index (κ3) is 3.37. The number of nitrogen functional groups attached to an aromatic ring is 1. The third-order valence-electron chi connectivity index (χ3n) is 2.74. The molecule has 0 saturated heterocycles. The van der Waals surface area contributed by atoms with E-state index in [1.165, 1.54) is 12.1 Å². The van der Waals surface area contributed by atoms with Crippen molar-refractivity contribution >= 4 is 28.7 Å². The van der Waals surface area contributed by atoms with Gasteiger partial charge >= 0.3 is 0 Å². The SMILES string of the molecule is NNc1cc(NCc2ccccc2Cl)cc([N+](=O)[O-])c1. The number of nitrogens with one attached hydrogen (secondary N) is 2. The van der Waals surface area contributed by atoms with Crippen molar-refractivity contribution in [2.45, 2.75) is 6.54 Å². The molecule has 0 heterocycles. The Morgan fingerprint density at radius 1 is 1.20 bits per heavy atom. The smallest absolute Gasteiger partial charge is 0.273 e. The Balaban J connectivity index is 2.19. The Bertz CT molecular complexity index is 634. The summed E-state index contributed by atoms with van der Waals surface area (Å²) in [7, 11) is 0. The summed E-state index contributed by atoms with van der Waals surface area (Å²) in [5, 5.41) is 14.6. The van der Waals surface area contributed by atoms with Gasteiger partial charge in [0.05, 0.1) is 10.6 Å². The van der Waals surface area contributed by atoms with E-state index in [0.29, 0.717) is 22.9 Å². The number of hydrogen-bond acceptors (Lipinski definition) is 5. The van der Waals surface area contributed by atoms with Crippen molar-refractivity contribution in [3.8, 4) is 0 Å². The van der Waals surface area contributed by atoms with Gasteiger partial charge in [-0.2, -0.15) is 0 Å². The van der Waals surface area contributed by atoms with Crippen LogP contribution in [0.4, 0.5) is 17.1 Å². The zero-order valence-corrected chi connectivity index (χ0v) is 11.2. The Kier molecular flexibility index (Phi) is 4.39. The summed E-state index contributed by atoms with van der Waals surface area (Å²) in [4.78, 5) is 10.4. The second-order valence-electron chi connectivity index (χ2n) is 4.11. The van der Waals surface area contributed by atoms with Gasteiger partial charge in [-0.15, -0.1) is 0 Å². The van der Waals surface area contributed by atoms with E-state index in [1.54, 1.807) is 12.1 Å². The number of rotatable bonds is 5. The van der Waals surface area contributed by atoms with E-state index in [9.17, 15) is 10.1 Å². The molecule has 0 radical (unpaired) electrons. The number of benzene rings is 2. The maximum Gasteiger partial charge on any atom is 0.273 e. The molecule has 2 aromatic carbocycles. The molecule has 0 aliphatic carbocycles. The van der Waals surface area contributed by atoms with Gasteiger partial charge in [0.15, 0.2) is 0 Å². The molecule has 0 unspecified atom stereocenters. The highest BCUT2D eigenvalue weighted by atomic mass is 35.5. The minimum absolute atomic E-state index is 0.0397. The highest BCUT2D eigenvalue weighted by molar-refractivity contribution is 6.31. The zero-order valence-electron chi connectivity index (χ0n) is 10.5. The average molecular weight is 293 g/mol. The average Bonchev–Trinajstić information content (AvgIpc) is 2.46. The van der Waals surface area contributed by atoms with Crippen LogP contribution < -0.4 is 16.6 Å². The molecule has 0 spiro atoms. The molecule has 0 amide bonds. The van der Waals surface area contributed by atoms with Gasteiger partial charge in [0.2, 0.25) is 0 Å². The van der Waals surface area contributed by atoms with Crippen LogP contribution in [-0.2, 0) is 6.54 Å². The minimum atomic E-state index is -0.471. The van der Waals surface area contributed by atoms with Crippen molar-refractivity contribution in [2.75, 3.05) is 10.7 Å². The summed E-state index contributed by atoms with van der Waals surface area (Å²) in [6.45, 7) is 0.463. The molecular weight excluding hydrogens is 280 g/mol. The molecule has 2 aromatic rings. The Labute approximate surface area is 120 Å². The van der Waals surface area contributed by atoms with E-state index < -0.39 is 4.92 Å². The van der Waals surface area contributed by atoms with Gasteiger partial charge in [0.25, 0.3) is 5.69 Å². The van der Waals surface area contributed by atoms with Gasteiger partial charge in [-0.25, -0.2) is 0 Å². The lowest BCUT2D eigenvalue weighted by molar-refractivity contribution is -0.384. The Morgan fingerprint density at radius 3 is 2.55 bits per heavy atom. The molecular formula is C13H13ClN4O2. The van der Waals surface area contributed by atoms with E-state index in [1.807, 2.05) is 18.2 Å². The lowest BCUT2D eigenvalue weighted by Crippen LogP contribution is -2.08. The van der Waals surface area contributed by atoms with Crippen LogP contribution in [0.3, 0.4) is 0 Å². The first-order valence-corrected chi connectivity index (χ1v) is 6.21. The summed E-state index contributed by atoms with van der Waals surface area (Å²) in [5.41, 5.74) is 4.32. The van der Waals surface area contributed by atoms with Crippen LogP contribution in [0, 0.1) is 10.1 Å². The van der Waals surface area contributed by atoms with Gasteiger partial charge in [0, 0.05) is 29.4 Å². The zero-order chi connectivity index (χ0) is 14.5. The number of nitrogens with two attached hydrogens (primary N) is 1. The highest BCUT2D eigenvalue weighted by Crippen LogP contribution is 2.25. The fraction of sp³-hybridized carbons (Fsp3) is 0.0769. The van der Waals surface area contributed by atoms with Crippen molar-refractivity contribution in [1.82, 2.24) is 0 Å².